The molecule has 1 aromatic carbocycles. The molecule has 0 radical (unpaired) electrons. The average Bonchev–Trinajstić information content (AvgIpc) is 2.28. The number of hydrogen-bond donors (Lipinski definition) is 1. The molecule has 0 fully saturated rings. The number of benzene rings is 1. The largest absolute Gasteiger partial charge is 0.493 e. The summed E-state index contributed by atoms with van der Waals surface area (Å²) < 4.78 is 10.9. The lowest BCUT2D eigenvalue weighted by molar-refractivity contribution is 0.310. The predicted molar refractivity (Wildman–Crippen MR) is 66.8 cm³/mol. The molecule has 0 saturated carbocycles. The average molecular weight is 244 g/mol. The molecule has 0 amide bonds. The zero-order valence-electron chi connectivity index (χ0n) is 9.71. The van der Waals surface area contributed by atoms with E-state index in [4.69, 9.17) is 9.47 Å². The summed E-state index contributed by atoms with van der Waals surface area (Å²) in [5.74, 6) is 1.69. The second-order valence-corrected chi connectivity index (χ2v) is 3.63. The van der Waals surface area contributed by atoms with Gasteiger partial charge in [-0.2, -0.15) is 0 Å². The summed E-state index contributed by atoms with van der Waals surface area (Å²) in [6.07, 6.45) is 1.07. The molecule has 0 unspecified atom stereocenters. The molecule has 0 bridgehead atoms. The molecule has 1 aliphatic heterocycles. The van der Waals surface area contributed by atoms with Crippen molar-refractivity contribution in [3.05, 3.63) is 23.3 Å². The van der Waals surface area contributed by atoms with Crippen molar-refractivity contribution in [2.75, 3.05) is 20.3 Å². The Bertz CT molecular complexity index is 355. The van der Waals surface area contributed by atoms with Crippen molar-refractivity contribution >= 4 is 12.4 Å². The van der Waals surface area contributed by atoms with Crippen molar-refractivity contribution in [3.8, 4) is 11.5 Å². The first-order valence-corrected chi connectivity index (χ1v) is 5.38. The Kier molecular flexibility index (Phi) is 4.90. The van der Waals surface area contributed by atoms with Gasteiger partial charge in [-0.1, -0.05) is 0 Å². The topological polar surface area (TPSA) is 30.5 Å². The number of nitrogens with one attached hydrogen (secondary N) is 1. The van der Waals surface area contributed by atoms with Crippen LogP contribution in [0.25, 0.3) is 0 Å². The summed E-state index contributed by atoms with van der Waals surface area (Å²) in [5.41, 5.74) is 2.69. The Labute approximate surface area is 103 Å². The van der Waals surface area contributed by atoms with Gasteiger partial charge in [0.25, 0.3) is 0 Å². The van der Waals surface area contributed by atoms with Gasteiger partial charge in [0.05, 0.1) is 13.7 Å². The lowest BCUT2D eigenvalue weighted by Gasteiger charge is -2.20. The quantitative estimate of drug-likeness (QED) is 0.883. The van der Waals surface area contributed by atoms with Crippen LogP contribution in [0.3, 0.4) is 0 Å². The molecule has 1 aromatic rings. The molecule has 0 saturated heterocycles. The molecule has 4 heteroatoms. The fourth-order valence-corrected chi connectivity index (χ4v) is 1.92. The second-order valence-electron chi connectivity index (χ2n) is 3.63. The van der Waals surface area contributed by atoms with E-state index in [2.05, 4.69) is 17.4 Å². The molecule has 0 spiro atoms. The maximum Gasteiger partial charge on any atom is 0.161 e. The normalized spacial score (nSPS) is 13.6. The third-order valence-electron chi connectivity index (χ3n) is 2.67. The maximum atomic E-state index is 5.54. The maximum absolute atomic E-state index is 5.54. The molecular weight excluding hydrogens is 226 g/mol. The van der Waals surface area contributed by atoms with Gasteiger partial charge in [-0.3, -0.25) is 0 Å². The van der Waals surface area contributed by atoms with E-state index in [-0.39, 0.29) is 12.4 Å². The van der Waals surface area contributed by atoms with Gasteiger partial charge in [-0.05, 0) is 43.1 Å². The Hall–Kier alpha value is -0.930. The van der Waals surface area contributed by atoms with Gasteiger partial charge in [0.2, 0.25) is 0 Å². The van der Waals surface area contributed by atoms with Crippen LogP contribution < -0.4 is 14.8 Å². The lowest BCUT2D eigenvalue weighted by atomic mass is 10.0. The fraction of sp³-hybridized carbons (Fsp3) is 0.500. The molecular formula is C12H18ClNO2. The molecule has 1 N–H and O–H groups in total. The highest BCUT2D eigenvalue weighted by Gasteiger charge is 2.13. The minimum absolute atomic E-state index is 0. The smallest absolute Gasteiger partial charge is 0.161 e. The number of fused-ring (bicyclic) bond motifs is 1. The van der Waals surface area contributed by atoms with Gasteiger partial charge in [0.15, 0.2) is 11.5 Å². The summed E-state index contributed by atoms with van der Waals surface area (Å²) in [4.78, 5) is 0. The zero-order chi connectivity index (χ0) is 10.7. The van der Waals surface area contributed by atoms with Crippen molar-refractivity contribution in [1.29, 1.82) is 0 Å². The van der Waals surface area contributed by atoms with E-state index in [1.807, 2.05) is 6.92 Å². The minimum Gasteiger partial charge on any atom is -0.493 e. The van der Waals surface area contributed by atoms with Crippen LogP contribution in [0.1, 0.15) is 18.1 Å². The molecule has 3 nitrogen and oxygen atoms in total. The van der Waals surface area contributed by atoms with E-state index in [1.54, 1.807) is 7.11 Å². The van der Waals surface area contributed by atoms with Crippen molar-refractivity contribution < 1.29 is 9.47 Å². The first-order valence-electron chi connectivity index (χ1n) is 5.38. The van der Waals surface area contributed by atoms with Crippen LogP contribution in [0.15, 0.2) is 12.1 Å². The van der Waals surface area contributed by atoms with E-state index in [9.17, 15) is 0 Å². The van der Waals surface area contributed by atoms with Crippen molar-refractivity contribution in [2.24, 2.45) is 0 Å². The number of methoxy groups -OCH3 is 1. The molecule has 2 rings (SSSR count). The third kappa shape index (κ3) is 2.60. The second kappa shape index (κ2) is 5.97. The van der Waals surface area contributed by atoms with E-state index in [0.717, 1.165) is 31.0 Å². The van der Waals surface area contributed by atoms with Crippen molar-refractivity contribution in [3.63, 3.8) is 0 Å². The third-order valence-corrected chi connectivity index (χ3v) is 2.67. The van der Waals surface area contributed by atoms with E-state index < -0.39 is 0 Å². The van der Waals surface area contributed by atoms with Crippen LogP contribution in [0.4, 0.5) is 0 Å². The molecule has 0 aliphatic carbocycles. The zero-order valence-corrected chi connectivity index (χ0v) is 10.5. The number of hydrogen-bond acceptors (Lipinski definition) is 3. The van der Waals surface area contributed by atoms with Crippen LogP contribution in [0.5, 0.6) is 11.5 Å². The molecule has 16 heavy (non-hydrogen) atoms. The Morgan fingerprint density at radius 1 is 1.25 bits per heavy atom. The standard InChI is InChI=1S/C12H17NO2.ClH/c1-3-15-12-7-10-8-13-5-4-9(10)6-11(12)14-2;/h6-7,13H,3-5,8H2,1-2H3;1H. The highest BCUT2D eigenvalue weighted by molar-refractivity contribution is 5.85. The van der Waals surface area contributed by atoms with Crippen LogP contribution in [0.2, 0.25) is 0 Å². The number of halogens is 1. The summed E-state index contributed by atoms with van der Waals surface area (Å²) in [5, 5.41) is 3.35. The molecule has 90 valence electrons. The summed E-state index contributed by atoms with van der Waals surface area (Å²) in [7, 11) is 1.69. The minimum atomic E-state index is 0. The number of ether oxygens (including phenoxy) is 2. The monoisotopic (exact) mass is 243 g/mol. The van der Waals surface area contributed by atoms with Crippen LogP contribution in [0, 0.1) is 0 Å². The highest BCUT2D eigenvalue weighted by Crippen LogP contribution is 2.32. The summed E-state index contributed by atoms with van der Waals surface area (Å²) in [6, 6.07) is 4.19. The molecule has 1 aliphatic rings. The van der Waals surface area contributed by atoms with Crippen LogP contribution in [-0.2, 0) is 13.0 Å². The van der Waals surface area contributed by atoms with Gasteiger partial charge >= 0.3 is 0 Å². The molecule has 0 atom stereocenters. The highest BCUT2D eigenvalue weighted by atomic mass is 35.5. The van der Waals surface area contributed by atoms with Crippen molar-refractivity contribution in [1.82, 2.24) is 5.32 Å². The first-order chi connectivity index (χ1) is 7.35. The van der Waals surface area contributed by atoms with Crippen molar-refractivity contribution in [2.45, 2.75) is 19.9 Å². The number of rotatable bonds is 3. The van der Waals surface area contributed by atoms with Crippen LogP contribution >= 0.6 is 12.4 Å². The van der Waals surface area contributed by atoms with Gasteiger partial charge in [0.1, 0.15) is 0 Å². The van der Waals surface area contributed by atoms with Gasteiger partial charge in [-0.25, -0.2) is 0 Å². The van der Waals surface area contributed by atoms with Gasteiger partial charge in [0, 0.05) is 6.54 Å². The van der Waals surface area contributed by atoms with Crippen LogP contribution in [-0.4, -0.2) is 20.3 Å². The van der Waals surface area contributed by atoms with E-state index >= 15 is 0 Å². The summed E-state index contributed by atoms with van der Waals surface area (Å²) in [6.45, 7) is 4.63. The SMILES string of the molecule is CCOc1cc2c(cc1OC)CCNC2.Cl. The Balaban J connectivity index is 0.00000128. The Morgan fingerprint density at radius 3 is 2.69 bits per heavy atom. The van der Waals surface area contributed by atoms with Gasteiger partial charge < -0.3 is 14.8 Å². The van der Waals surface area contributed by atoms with Gasteiger partial charge in [-0.15, -0.1) is 12.4 Å². The first kappa shape index (κ1) is 13.1. The molecule has 0 aromatic heterocycles. The lowest BCUT2D eigenvalue weighted by Crippen LogP contribution is -2.23. The summed E-state index contributed by atoms with van der Waals surface area (Å²) >= 11 is 0. The molecule has 1 heterocycles. The van der Waals surface area contributed by atoms with E-state index in [0.29, 0.717) is 6.61 Å². The van der Waals surface area contributed by atoms with E-state index in [1.165, 1.54) is 11.1 Å². The Morgan fingerprint density at radius 2 is 2.00 bits per heavy atom. The predicted octanol–water partition coefficient (Wildman–Crippen LogP) is 2.16. The fourth-order valence-electron chi connectivity index (χ4n) is 1.92.